The van der Waals surface area contributed by atoms with E-state index in [1.807, 2.05) is 6.07 Å². The van der Waals surface area contributed by atoms with Gasteiger partial charge in [-0.2, -0.15) is 13.2 Å². The van der Waals surface area contributed by atoms with Crippen LogP contribution in [0.3, 0.4) is 0 Å². The van der Waals surface area contributed by atoms with Gasteiger partial charge in [0.05, 0.1) is 5.56 Å². The number of halogens is 3. The fraction of sp³-hybridized carbons (Fsp3) is 0.647. The predicted molar refractivity (Wildman–Crippen MR) is 79.3 cm³/mol. The Morgan fingerprint density at radius 1 is 1.19 bits per heavy atom. The van der Waals surface area contributed by atoms with Crippen LogP contribution in [-0.2, 0) is 11.6 Å². The van der Waals surface area contributed by atoms with E-state index in [9.17, 15) is 13.2 Å². The quantitative estimate of drug-likeness (QED) is 0.845. The van der Waals surface area contributed by atoms with Crippen molar-refractivity contribution < 1.29 is 13.2 Å². The molecule has 2 rings (SSSR count). The summed E-state index contributed by atoms with van der Waals surface area (Å²) in [7, 11) is 0. The lowest BCUT2D eigenvalue weighted by atomic mass is 9.51. The molecule has 1 N–H and O–H groups in total. The fourth-order valence-electron chi connectivity index (χ4n) is 3.64. The third-order valence-corrected chi connectivity index (χ3v) is 4.28. The summed E-state index contributed by atoms with van der Waals surface area (Å²) in [5.74, 6) is 0. The average Bonchev–Trinajstić information content (AvgIpc) is 2.32. The van der Waals surface area contributed by atoms with Crippen LogP contribution in [0.2, 0.25) is 0 Å². The summed E-state index contributed by atoms with van der Waals surface area (Å²) in [4.78, 5) is 0. The zero-order valence-corrected chi connectivity index (χ0v) is 13.1. The van der Waals surface area contributed by atoms with Crippen molar-refractivity contribution >= 4 is 0 Å². The Hall–Kier alpha value is -1.03. The molecule has 0 saturated heterocycles. The number of nitrogens with one attached hydrogen (secondary N) is 1. The van der Waals surface area contributed by atoms with Gasteiger partial charge in [0.1, 0.15) is 0 Å². The largest absolute Gasteiger partial charge is 0.416 e. The van der Waals surface area contributed by atoms with E-state index < -0.39 is 11.7 Å². The maximum absolute atomic E-state index is 12.9. The number of hydrogen-bond donors (Lipinski definition) is 1. The molecule has 1 aromatic carbocycles. The number of benzene rings is 1. The summed E-state index contributed by atoms with van der Waals surface area (Å²) in [5.41, 5.74) is 0.292. The molecule has 1 aliphatic carbocycles. The van der Waals surface area contributed by atoms with Gasteiger partial charge in [0, 0.05) is 18.0 Å². The van der Waals surface area contributed by atoms with E-state index in [0.717, 1.165) is 31.0 Å². The summed E-state index contributed by atoms with van der Waals surface area (Å²) in [6, 6.07) is 6.18. The SMILES string of the molecule is CC(C)NCC1(c2cccc(C(F)(F)F)c2)CC(C)(C)C1. The lowest BCUT2D eigenvalue weighted by Crippen LogP contribution is -2.53. The standard InChI is InChI=1S/C17H24F3N/c1-12(2)21-11-16(9-15(3,4)10-16)13-6-5-7-14(8-13)17(18,19)20/h5-8,12,21H,9-11H2,1-4H3. The highest BCUT2D eigenvalue weighted by molar-refractivity contribution is 5.35. The highest BCUT2D eigenvalue weighted by Gasteiger charge is 2.50. The van der Waals surface area contributed by atoms with E-state index in [1.54, 1.807) is 0 Å². The molecule has 118 valence electrons. The molecule has 0 unspecified atom stereocenters. The molecule has 1 fully saturated rings. The van der Waals surface area contributed by atoms with Gasteiger partial charge < -0.3 is 5.32 Å². The van der Waals surface area contributed by atoms with Crippen molar-refractivity contribution in [1.82, 2.24) is 5.32 Å². The van der Waals surface area contributed by atoms with Gasteiger partial charge in [-0.15, -0.1) is 0 Å². The van der Waals surface area contributed by atoms with Crippen molar-refractivity contribution in [3.05, 3.63) is 35.4 Å². The van der Waals surface area contributed by atoms with Crippen molar-refractivity contribution in [3.63, 3.8) is 0 Å². The van der Waals surface area contributed by atoms with Crippen LogP contribution in [0.1, 0.15) is 51.7 Å². The first kappa shape index (κ1) is 16.3. The monoisotopic (exact) mass is 299 g/mol. The van der Waals surface area contributed by atoms with E-state index >= 15 is 0 Å². The van der Waals surface area contributed by atoms with Crippen LogP contribution in [0.25, 0.3) is 0 Å². The summed E-state index contributed by atoms with van der Waals surface area (Å²) in [6.07, 6.45) is -2.44. The second-order valence-corrected chi connectivity index (χ2v) is 7.41. The van der Waals surface area contributed by atoms with E-state index in [-0.39, 0.29) is 10.8 Å². The summed E-state index contributed by atoms with van der Waals surface area (Å²) >= 11 is 0. The Kier molecular flexibility index (Phi) is 4.13. The van der Waals surface area contributed by atoms with Crippen molar-refractivity contribution in [1.29, 1.82) is 0 Å². The third kappa shape index (κ3) is 3.60. The maximum atomic E-state index is 12.9. The molecule has 1 saturated carbocycles. The van der Waals surface area contributed by atoms with Crippen molar-refractivity contribution in [3.8, 4) is 0 Å². The Bertz CT molecular complexity index is 495. The van der Waals surface area contributed by atoms with Gasteiger partial charge in [-0.3, -0.25) is 0 Å². The second-order valence-electron chi connectivity index (χ2n) is 7.41. The van der Waals surface area contributed by atoms with Gasteiger partial charge in [0.25, 0.3) is 0 Å². The Morgan fingerprint density at radius 3 is 2.29 bits per heavy atom. The Balaban J connectivity index is 2.30. The van der Waals surface area contributed by atoms with Gasteiger partial charge in [-0.25, -0.2) is 0 Å². The molecule has 0 amide bonds. The molecule has 0 spiro atoms. The van der Waals surface area contributed by atoms with Crippen molar-refractivity contribution in [2.45, 2.75) is 58.2 Å². The minimum absolute atomic E-state index is 0.172. The molecule has 0 heterocycles. The normalized spacial score (nSPS) is 20.4. The molecule has 21 heavy (non-hydrogen) atoms. The molecule has 1 aromatic rings. The fourth-order valence-corrected chi connectivity index (χ4v) is 3.64. The first-order chi connectivity index (χ1) is 9.54. The van der Waals surface area contributed by atoms with E-state index in [0.29, 0.717) is 6.04 Å². The molecule has 1 aliphatic rings. The Morgan fingerprint density at radius 2 is 1.81 bits per heavy atom. The Labute approximate surface area is 124 Å². The van der Waals surface area contributed by atoms with Crippen molar-refractivity contribution in [2.24, 2.45) is 5.41 Å². The summed E-state index contributed by atoms with van der Waals surface area (Å²) < 4.78 is 38.8. The molecular weight excluding hydrogens is 275 g/mol. The molecular formula is C17H24F3N. The second kappa shape index (κ2) is 5.31. The van der Waals surface area contributed by atoms with Crippen LogP contribution < -0.4 is 5.32 Å². The number of alkyl halides is 3. The molecule has 0 aliphatic heterocycles. The summed E-state index contributed by atoms with van der Waals surface area (Å²) in [5, 5.41) is 3.40. The lowest BCUT2D eigenvalue weighted by molar-refractivity contribution is -0.137. The minimum Gasteiger partial charge on any atom is -0.314 e. The van der Waals surface area contributed by atoms with Crippen LogP contribution in [0, 0.1) is 5.41 Å². The zero-order chi connectivity index (χ0) is 15.9. The summed E-state index contributed by atoms with van der Waals surface area (Å²) in [6.45, 7) is 9.20. The third-order valence-electron chi connectivity index (χ3n) is 4.28. The minimum atomic E-state index is -4.28. The van der Waals surface area contributed by atoms with Crippen LogP contribution in [-0.4, -0.2) is 12.6 Å². The van der Waals surface area contributed by atoms with Crippen LogP contribution in [0.15, 0.2) is 24.3 Å². The molecule has 1 nitrogen and oxygen atoms in total. The van der Waals surface area contributed by atoms with Gasteiger partial charge in [0.2, 0.25) is 0 Å². The van der Waals surface area contributed by atoms with Gasteiger partial charge in [-0.05, 0) is 29.9 Å². The van der Waals surface area contributed by atoms with Crippen LogP contribution in [0.4, 0.5) is 13.2 Å². The average molecular weight is 299 g/mol. The molecule has 0 atom stereocenters. The zero-order valence-electron chi connectivity index (χ0n) is 13.1. The number of hydrogen-bond acceptors (Lipinski definition) is 1. The highest BCUT2D eigenvalue weighted by Crippen LogP contribution is 2.55. The lowest BCUT2D eigenvalue weighted by Gasteiger charge is -2.54. The van der Waals surface area contributed by atoms with Gasteiger partial charge in [0.15, 0.2) is 0 Å². The number of rotatable bonds is 4. The molecule has 4 heteroatoms. The molecule has 0 radical (unpaired) electrons. The van der Waals surface area contributed by atoms with Crippen molar-refractivity contribution in [2.75, 3.05) is 6.54 Å². The van der Waals surface area contributed by atoms with E-state index in [2.05, 4.69) is 33.0 Å². The highest BCUT2D eigenvalue weighted by atomic mass is 19.4. The first-order valence-corrected chi connectivity index (χ1v) is 7.45. The predicted octanol–water partition coefficient (Wildman–Crippen LogP) is 4.76. The van der Waals surface area contributed by atoms with Crippen LogP contribution in [0.5, 0.6) is 0 Å². The van der Waals surface area contributed by atoms with Gasteiger partial charge >= 0.3 is 6.18 Å². The van der Waals surface area contributed by atoms with Crippen LogP contribution >= 0.6 is 0 Å². The van der Waals surface area contributed by atoms with E-state index in [1.165, 1.54) is 12.1 Å². The molecule has 0 bridgehead atoms. The van der Waals surface area contributed by atoms with E-state index in [4.69, 9.17) is 0 Å². The first-order valence-electron chi connectivity index (χ1n) is 7.45. The molecule has 0 aromatic heterocycles. The van der Waals surface area contributed by atoms with Gasteiger partial charge in [-0.1, -0.05) is 45.9 Å². The maximum Gasteiger partial charge on any atom is 0.416 e. The topological polar surface area (TPSA) is 12.0 Å². The smallest absolute Gasteiger partial charge is 0.314 e.